The van der Waals surface area contributed by atoms with Gasteiger partial charge < -0.3 is 10.6 Å². The van der Waals surface area contributed by atoms with Gasteiger partial charge in [-0.15, -0.1) is 0 Å². The molecule has 3 N–H and O–H groups in total. The van der Waals surface area contributed by atoms with Crippen molar-refractivity contribution in [3.63, 3.8) is 0 Å². The molecule has 1 atom stereocenters. The van der Waals surface area contributed by atoms with Crippen molar-refractivity contribution in [2.75, 3.05) is 11.9 Å². The molecule has 1 spiro atoms. The first-order valence-corrected chi connectivity index (χ1v) is 6.99. The summed E-state index contributed by atoms with van der Waals surface area (Å²) >= 11 is 0. The van der Waals surface area contributed by atoms with Crippen molar-refractivity contribution in [1.82, 2.24) is 10.6 Å². The number of amides is 1. The minimum atomic E-state index is -0.180. The Morgan fingerprint density at radius 1 is 1.52 bits per heavy atom. The van der Waals surface area contributed by atoms with Crippen molar-refractivity contribution < 1.29 is 4.79 Å². The highest BCUT2D eigenvalue weighted by atomic mass is 16.1. The van der Waals surface area contributed by atoms with Gasteiger partial charge in [-0.1, -0.05) is 12.1 Å². The van der Waals surface area contributed by atoms with Crippen LogP contribution in [0.1, 0.15) is 24.5 Å². The summed E-state index contributed by atoms with van der Waals surface area (Å²) in [6.07, 6.45) is 4.48. The Kier molecular flexibility index (Phi) is 3.26. The van der Waals surface area contributed by atoms with E-state index in [1.54, 1.807) is 0 Å². The van der Waals surface area contributed by atoms with E-state index in [4.69, 9.17) is 5.26 Å². The molecule has 1 amide bonds. The Morgan fingerprint density at radius 2 is 2.38 bits per heavy atom. The molecule has 3 rings (SSSR count). The smallest absolute Gasteiger partial charge is 0.221 e. The van der Waals surface area contributed by atoms with Crippen LogP contribution in [0.15, 0.2) is 23.2 Å². The number of guanidine groups is 1. The molecule has 0 saturated carbocycles. The first-order valence-electron chi connectivity index (χ1n) is 6.99. The average molecular weight is 283 g/mol. The first-order chi connectivity index (χ1) is 10.1. The number of benzene rings is 1. The molecule has 2 aliphatic rings. The van der Waals surface area contributed by atoms with Crippen LogP contribution in [-0.4, -0.2) is 24.0 Å². The van der Waals surface area contributed by atoms with Crippen LogP contribution in [0.4, 0.5) is 5.69 Å². The number of anilines is 1. The monoisotopic (exact) mass is 283 g/mol. The maximum atomic E-state index is 11.3. The molecule has 0 aromatic heterocycles. The molecule has 1 aliphatic heterocycles. The van der Waals surface area contributed by atoms with Crippen molar-refractivity contribution in [3.8, 4) is 6.19 Å². The molecule has 108 valence electrons. The van der Waals surface area contributed by atoms with Crippen LogP contribution in [0.5, 0.6) is 0 Å². The van der Waals surface area contributed by atoms with Gasteiger partial charge in [-0.2, -0.15) is 5.26 Å². The number of fused-ring (bicyclic) bond motifs is 1. The Balaban J connectivity index is 1.87. The van der Waals surface area contributed by atoms with Crippen LogP contribution in [0.3, 0.4) is 0 Å². The summed E-state index contributed by atoms with van der Waals surface area (Å²) in [5, 5.41) is 17.3. The van der Waals surface area contributed by atoms with E-state index in [2.05, 4.69) is 27.0 Å². The highest BCUT2D eigenvalue weighted by molar-refractivity contribution is 5.90. The van der Waals surface area contributed by atoms with Crippen molar-refractivity contribution >= 4 is 17.6 Å². The van der Waals surface area contributed by atoms with Crippen molar-refractivity contribution in [2.24, 2.45) is 4.99 Å². The fraction of sp³-hybridized carbons (Fsp3) is 0.400. The zero-order chi connectivity index (χ0) is 14.9. The quantitative estimate of drug-likeness (QED) is 0.528. The lowest BCUT2D eigenvalue weighted by atomic mass is 9.78. The Hall–Kier alpha value is -2.55. The fourth-order valence-electron chi connectivity index (χ4n) is 3.14. The van der Waals surface area contributed by atoms with E-state index >= 15 is 0 Å². The largest absolute Gasteiger partial charge is 0.353 e. The van der Waals surface area contributed by atoms with Crippen molar-refractivity contribution in [2.45, 2.75) is 31.7 Å². The third-order valence-corrected chi connectivity index (χ3v) is 4.05. The van der Waals surface area contributed by atoms with E-state index in [0.717, 1.165) is 31.5 Å². The number of rotatable bonds is 1. The third-order valence-electron chi connectivity index (χ3n) is 4.05. The van der Waals surface area contributed by atoms with E-state index < -0.39 is 0 Å². The third kappa shape index (κ3) is 2.55. The summed E-state index contributed by atoms with van der Waals surface area (Å²) in [7, 11) is 0. The molecule has 1 aliphatic carbocycles. The number of hydrogen-bond acceptors (Lipinski definition) is 5. The normalized spacial score (nSPS) is 22.8. The molecular weight excluding hydrogens is 266 g/mol. The van der Waals surface area contributed by atoms with Crippen molar-refractivity contribution in [1.29, 1.82) is 5.26 Å². The van der Waals surface area contributed by atoms with Crippen LogP contribution in [0.2, 0.25) is 0 Å². The minimum absolute atomic E-state index is 0.0512. The van der Waals surface area contributed by atoms with Gasteiger partial charge >= 0.3 is 0 Å². The number of aliphatic imine (C=N–C) groups is 1. The summed E-state index contributed by atoms with van der Waals surface area (Å²) in [6, 6.07) is 5.99. The fourth-order valence-corrected chi connectivity index (χ4v) is 3.14. The van der Waals surface area contributed by atoms with Crippen LogP contribution in [0.25, 0.3) is 0 Å². The number of carbonyl (C=O) groups is 1. The highest BCUT2D eigenvalue weighted by Gasteiger charge is 2.38. The molecule has 1 heterocycles. The Labute approximate surface area is 123 Å². The molecule has 0 saturated heterocycles. The van der Waals surface area contributed by atoms with E-state index in [-0.39, 0.29) is 11.4 Å². The summed E-state index contributed by atoms with van der Waals surface area (Å²) in [5.74, 6) is 0.503. The standard InChI is InChI=1S/C15H17N5O/c1-10(21)19-13-4-2-3-11-7-15(6-5-12(11)13)8-17-14(20-15)18-9-16/h2-4H,5-8H2,1H3,(H,19,21)(H2,17,18,20). The van der Waals surface area contributed by atoms with Gasteiger partial charge in [-0.3, -0.25) is 10.1 Å². The first kappa shape index (κ1) is 13.4. The Morgan fingerprint density at radius 3 is 3.14 bits per heavy atom. The average Bonchev–Trinajstić information content (AvgIpc) is 2.81. The van der Waals surface area contributed by atoms with Gasteiger partial charge in [0.2, 0.25) is 11.9 Å². The predicted molar refractivity (Wildman–Crippen MR) is 79.7 cm³/mol. The lowest BCUT2D eigenvalue weighted by Crippen LogP contribution is -2.39. The molecule has 6 nitrogen and oxygen atoms in total. The lowest BCUT2D eigenvalue weighted by Gasteiger charge is -2.32. The number of hydrogen-bond donors (Lipinski definition) is 3. The lowest BCUT2D eigenvalue weighted by molar-refractivity contribution is -0.114. The Bertz CT molecular complexity index is 661. The summed E-state index contributed by atoms with van der Waals surface area (Å²) in [5.41, 5.74) is 3.15. The topological polar surface area (TPSA) is 89.3 Å². The maximum Gasteiger partial charge on any atom is 0.221 e. The van der Waals surface area contributed by atoms with Gasteiger partial charge in [-0.05, 0) is 36.5 Å². The van der Waals surface area contributed by atoms with Crippen LogP contribution >= 0.6 is 0 Å². The highest BCUT2D eigenvalue weighted by Crippen LogP contribution is 2.36. The molecule has 0 bridgehead atoms. The van der Waals surface area contributed by atoms with Gasteiger partial charge in [0.1, 0.15) is 0 Å². The SMILES string of the molecule is CC(=O)Nc1cccc2c1CCC1(CNC(NC#N)=N1)C2. The molecule has 1 aromatic rings. The molecule has 0 radical (unpaired) electrons. The van der Waals surface area contributed by atoms with E-state index in [0.29, 0.717) is 5.96 Å². The van der Waals surface area contributed by atoms with E-state index in [1.807, 2.05) is 18.3 Å². The molecule has 21 heavy (non-hydrogen) atoms. The molecule has 1 unspecified atom stereocenters. The van der Waals surface area contributed by atoms with Gasteiger partial charge in [0.25, 0.3) is 0 Å². The predicted octanol–water partition coefficient (Wildman–Crippen LogP) is 0.902. The summed E-state index contributed by atoms with van der Waals surface area (Å²) < 4.78 is 0. The second-order valence-electron chi connectivity index (χ2n) is 5.58. The molecule has 0 fully saturated rings. The second kappa shape index (κ2) is 5.09. The number of nitrogens with zero attached hydrogens (tertiary/aromatic N) is 2. The van der Waals surface area contributed by atoms with E-state index in [1.165, 1.54) is 18.1 Å². The summed E-state index contributed by atoms with van der Waals surface area (Å²) in [6.45, 7) is 2.26. The number of carbonyl (C=O) groups excluding carboxylic acids is 1. The van der Waals surface area contributed by atoms with Gasteiger partial charge in [-0.25, -0.2) is 4.99 Å². The number of nitrogens with one attached hydrogen (secondary N) is 3. The van der Waals surface area contributed by atoms with Crippen molar-refractivity contribution in [3.05, 3.63) is 29.3 Å². The molecule has 1 aromatic carbocycles. The molecular formula is C15H17N5O. The van der Waals surface area contributed by atoms with Crippen LogP contribution in [-0.2, 0) is 17.6 Å². The van der Waals surface area contributed by atoms with Gasteiger partial charge in [0, 0.05) is 19.2 Å². The summed E-state index contributed by atoms with van der Waals surface area (Å²) in [4.78, 5) is 15.9. The molecule has 6 heteroatoms. The zero-order valence-corrected chi connectivity index (χ0v) is 11.9. The van der Waals surface area contributed by atoms with Gasteiger partial charge in [0.05, 0.1) is 5.54 Å². The van der Waals surface area contributed by atoms with E-state index in [9.17, 15) is 4.79 Å². The zero-order valence-electron chi connectivity index (χ0n) is 11.9. The minimum Gasteiger partial charge on any atom is -0.353 e. The van der Waals surface area contributed by atoms with Crippen LogP contribution in [0, 0.1) is 11.5 Å². The maximum absolute atomic E-state index is 11.3. The van der Waals surface area contributed by atoms with Crippen LogP contribution < -0.4 is 16.0 Å². The number of nitriles is 1. The second-order valence-corrected chi connectivity index (χ2v) is 5.58. The van der Waals surface area contributed by atoms with Gasteiger partial charge in [0.15, 0.2) is 6.19 Å².